The van der Waals surface area contributed by atoms with E-state index >= 15 is 0 Å². The van der Waals surface area contributed by atoms with Crippen LogP contribution >= 0.6 is 0 Å². The van der Waals surface area contributed by atoms with Gasteiger partial charge in [-0.25, -0.2) is 4.98 Å². The molecule has 0 saturated heterocycles. The molecular weight excluding hydrogens is 220 g/mol. The van der Waals surface area contributed by atoms with Gasteiger partial charge in [0.1, 0.15) is 17.8 Å². The van der Waals surface area contributed by atoms with E-state index in [9.17, 15) is 0 Å². The molecule has 0 aliphatic heterocycles. The highest BCUT2D eigenvalue weighted by molar-refractivity contribution is 5.03. The van der Waals surface area contributed by atoms with Gasteiger partial charge in [-0.3, -0.25) is 16.0 Å². The molecule has 2 aromatic heterocycles. The van der Waals surface area contributed by atoms with E-state index < -0.39 is 0 Å². The summed E-state index contributed by atoms with van der Waals surface area (Å²) in [5, 5.41) is 14.5. The second-order valence-corrected chi connectivity index (χ2v) is 3.72. The van der Waals surface area contributed by atoms with Gasteiger partial charge in [0.25, 0.3) is 0 Å². The molecule has 0 radical (unpaired) electrons. The van der Waals surface area contributed by atoms with Crippen LogP contribution in [0.1, 0.15) is 30.9 Å². The highest BCUT2D eigenvalue weighted by Crippen LogP contribution is 2.12. The van der Waals surface area contributed by atoms with Crippen molar-refractivity contribution in [3.05, 3.63) is 24.0 Å². The number of H-pyrrole nitrogens is 1. The number of hydrogen-bond acceptors (Lipinski definition) is 6. The molecule has 17 heavy (non-hydrogen) atoms. The van der Waals surface area contributed by atoms with Crippen molar-refractivity contribution in [1.29, 1.82) is 0 Å². The van der Waals surface area contributed by atoms with Crippen molar-refractivity contribution >= 4 is 0 Å². The number of hydrazine groups is 1. The zero-order valence-corrected chi connectivity index (χ0v) is 9.67. The van der Waals surface area contributed by atoms with Crippen LogP contribution < -0.4 is 11.3 Å². The van der Waals surface area contributed by atoms with E-state index in [4.69, 9.17) is 5.84 Å². The average Bonchev–Trinajstić information content (AvgIpc) is 2.97. The standard InChI is InChI=1S/C9H16N8/c1-2-3-17-9(11-6-13-17)4-7(14-10)8-5-12-16-15-8/h5-7,14H,2-4,10H2,1H3,(H,12,15,16). The topological polar surface area (TPSA) is 110 Å². The lowest BCUT2D eigenvalue weighted by Crippen LogP contribution is -2.30. The summed E-state index contributed by atoms with van der Waals surface area (Å²) in [6.45, 7) is 2.95. The summed E-state index contributed by atoms with van der Waals surface area (Å²) in [6.07, 6.45) is 4.84. The van der Waals surface area contributed by atoms with Gasteiger partial charge in [-0.05, 0) is 6.42 Å². The minimum Gasteiger partial charge on any atom is -0.271 e. The largest absolute Gasteiger partial charge is 0.271 e. The number of rotatable bonds is 6. The van der Waals surface area contributed by atoms with Crippen molar-refractivity contribution in [3.63, 3.8) is 0 Å². The van der Waals surface area contributed by atoms with Crippen LogP contribution in [-0.2, 0) is 13.0 Å². The van der Waals surface area contributed by atoms with Crippen LogP contribution in [0.3, 0.4) is 0 Å². The minimum absolute atomic E-state index is 0.117. The van der Waals surface area contributed by atoms with Gasteiger partial charge in [-0.1, -0.05) is 6.92 Å². The summed E-state index contributed by atoms with van der Waals surface area (Å²) in [5.41, 5.74) is 3.47. The second-order valence-electron chi connectivity index (χ2n) is 3.72. The van der Waals surface area contributed by atoms with Crippen molar-refractivity contribution in [1.82, 2.24) is 35.6 Å². The normalized spacial score (nSPS) is 12.8. The summed E-state index contributed by atoms with van der Waals surface area (Å²) in [5.74, 6) is 6.40. The number of hydrogen-bond donors (Lipinski definition) is 3. The minimum atomic E-state index is -0.117. The number of nitrogens with zero attached hydrogens (tertiary/aromatic N) is 5. The third kappa shape index (κ3) is 2.66. The molecule has 0 aliphatic carbocycles. The number of aryl methyl sites for hydroxylation is 1. The van der Waals surface area contributed by atoms with Crippen LogP contribution in [0.25, 0.3) is 0 Å². The summed E-state index contributed by atoms with van der Waals surface area (Å²) < 4.78 is 1.88. The smallest absolute Gasteiger partial charge is 0.138 e. The highest BCUT2D eigenvalue weighted by atomic mass is 15.4. The Labute approximate surface area is 98.6 Å². The lowest BCUT2D eigenvalue weighted by Gasteiger charge is -2.12. The lowest BCUT2D eigenvalue weighted by atomic mass is 10.1. The molecule has 0 aromatic carbocycles. The fourth-order valence-electron chi connectivity index (χ4n) is 1.65. The third-order valence-corrected chi connectivity index (χ3v) is 2.51. The van der Waals surface area contributed by atoms with Crippen LogP contribution in [0.4, 0.5) is 0 Å². The number of aromatic nitrogens is 6. The van der Waals surface area contributed by atoms with Crippen molar-refractivity contribution in [2.45, 2.75) is 32.4 Å². The van der Waals surface area contributed by atoms with Crippen LogP contribution in [0.5, 0.6) is 0 Å². The first kappa shape index (κ1) is 11.7. The van der Waals surface area contributed by atoms with Crippen molar-refractivity contribution in [3.8, 4) is 0 Å². The van der Waals surface area contributed by atoms with Gasteiger partial charge < -0.3 is 0 Å². The summed E-state index contributed by atoms with van der Waals surface area (Å²) in [4.78, 5) is 4.23. The molecule has 2 aromatic rings. The van der Waals surface area contributed by atoms with Gasteiger partial charge in [0.2, 0.25) is 0 Å². The molecule has 0 aliphatic rings. The van der Waals surface area contributed by atoms with Gasteiger partial charge in [0.05, 0.1) is 12.2 Å². The van der Waals surface area contributed by atoms with Gasteiger partial charge >= 0.3 is 0 Å². The maximum Gasteiger partial charge on any atom is 0.138 e. The predicted molar refractivity (Wildman–Crippen MR) is 60.5 cm³/mol. The van der Waals surface area contributed by atoms with E-state index in [1.54, 1.807) is 12.5 Å². The quantitative estimate of drug-likeness (QED) is 0.463. The Morgan fingerprint density at radius 2 is 2.47 bits per heavy atom. The second kappa shape index (κ2) is 5.51. The Kier molecular flexibility index (Phi) is 3.78. The fraction of sp³-hybridized carbons (Fsp3) is 0.556. The van der Waals surface area contributed by atoms with E-state index in [-0.39, 0.29) is 6.04 Å². The first-order chi connectivity index (χ1) is 8.35. The predicted octanol–water partition coefficient (Wildman–Crippen LogP) is -0.447. The Morgan fingerprint density at radius 1 is 1.59 bits per heavy atom. The number of nitrogens with one attached hydrogen (secondary N) is 2. The van der Waals surface area contributed by atoms with E-state index in [2.05, 4.69) is 37.8 Å². The van der Waals surface area contributed by atoms with E-state index in [1.165, 1.54) is 0 Å². The molecule has 1 atom stereocenters. The third-order valence-electron chi connectivity index (χ3n) is 2.51. The van der Waals surface area contributed by atoms with Gasteiger partial charge in [-0.2, -0.15) is 20.5 Å². The Hall–Kier alpha value is -1.80. The molecule has 1 unspecified atom stereocenters. The average molecular weight is 236 g/mol. The highest BCUT2D eigenvalue weighted by Gasteiger charge is 2.16. The lowest BCUT2D eigenvalue weighted by molar-refractivity contribution is 0.490. The summed E-state index contributed by atoms with van der Waals surface area (Å²) >= 11 is 0. The summed E-state index contributed by atoms with van der Waals surface area (Å²) in [6, 6.07) is -0.117. The van der Waals surface area contributed by atoms with Crippen LogP contribution in [-0.4, -0.2) is 30.2 Å². The zero-order valence-electron chi connectivity index (χ0n) is 9.67. The van der Waals surface area contributed by atoms with Crippen LogP contribution in [0.2, 0.25) is 0 Å². The maximum atomic E-state index is 5.52. The molecule has 0 fully saturated rings. The maximum absolute atomic E-state index is 5.52. The molecule has 2 heterocycles. The Morgan fingerprint density at radius 3 is 3.12 bits per heavy atom. The molecule has 8 heteroatoms. The monoisotopic (exact) mass is 236 g/mol. The van der Waals surface area contributed by atoms with Gasteiger partial charge in [0, 0.05) is 13.0 Å². The van der Waals surface area contributed by atoms with Gasteiger partial charge in [-0.15, -0.1) is 0 Å². The molecule has 0 bridgehead atoms. The van der Waals surface area contributed by atoms with E-state index in [0.717, 1.165) is 24.5 Å². The number of aromatic amines is 1. The Balaban J connectivity index is 2.10. The molecule has 4 N–H and O–H groups in total. The van der Waals surface area contributed by atoms with Gasteiger partial charge in [0.15, 0.2) is 0 Å². The van der Waals surface area contributed by atoms with Crippen molar-refractivity contribution < 1.29 is 0 Å². The first-order valence-corrected chi connectivity index (χ1v) is 5.53. The van der Waals surface area contributed by atoms with Crippen molar-refractivity contribution in [2.24, 2.45) is 5.84 Å². The molecule has 8 nitrogen and oxygen atoms in total. The zero-order chi connectivity index (χ0) is 12.1. The van der Waals surface area contributed by atoms with E-state index in [1.807, 2.05) is 4.68 Å². The van der Waals surface area contributed by atoms with Crippen molar-refractivity contribution in [2.75, 3.05) is 0 Å². The molecule has 92 valence electrons. The molecule has 0 amide bonds. The SMILES string of the molecule is CCCn1ncnc1CC(NN)c1cn[nH]n1. The fourth-order valence-corrected chi connectivity index (χ4v) is 1.65. The van der Waals surface area contributed by atoms with E-state index in [0.29, 0.717) is 6.42 Å². The molecule has 0 saturated carbocycles. The Bertz CT molecular complexity index is 434. The first-order valence-electron chi connectivity index (χ1n) is 5.53. The van der Waals surface area contributed by atoms with Crippen LogP contribution in [0, 0.1) is 0 Å². The molecular formula is C9H16N8. The molecule has 2 rings (SSSR count). The molecule has 0 spiro atoms. The van der Waals surface area contributed by atoms with Crippen LogP contribution in [0.15, 0.2) is 12.5 Å². The number of nitrogens with two attached hydrogens (primary N) is 1. The summed E-state index contributed by atoms with van der Waals surface area (Å²) in [7, 11) is 0.